The fourth-order valence-electron chi connectivity index (χ4n) is 3.05. The molecule has 4 rings (SSSR count). The second-order valence-corrected chi connectivity index (χ2v) is 6.93. The van der Waals surface area contributed by atoms with Gasteiger partial charge in [0, 0.05) is 24.0 Å². The fraction of sp³-hybridized carbons (Fsp3) is 0.182. The number of alkyl halides is 3. The van der Waals surface area contributed by atoms with Crippen molar-refractivity contribution in [3.05, 3.63) is 82.3 Å². The predicted molar refractivity (Wildman–Crippen MR) is 108 cm³/mol. The lowest BCUT2D eigenvalue weighted by atomic mass is 10.2. The fourth-order valence-corrected chi connectivity index (χ4v) is 3.05. The number of fused-ring (bicyclic) bond motifs is 1. The first-order valence-electron chi connectivity index (χ1n) is 9.47. The first-order chi connectivity index (χ1) is 15.3. The highest BCUT2D eigenvalue weighted by Gasteiger charge is 2.31. The van der Waals surface area contributed by atoms with Gasteiger partial charge in [0.2, 0.25) is 12.7 Å². The third kappa shape index (κ3) is 5.02. The molecule has 0 bridgehead atoms. The number of benzene rings is 2. The van der Waals surface area contributed by atoms with Crippen molar-refractivity contribution in [1.29, 1.82) is 0 Å². The van der Waals surface area contributed by atoms with E-state index in [1.54, 1.807) is 42.5 Å². The van der Waals surface area contributed by atoms with E-state index >= 15 is 0 Å². The molecule has 7 nitrogen and oxygen atoms in total. The molecule has 1 amide bonds. The van der Waals surface area contributed by atoms with Gasteiger partial charge in [0.05, 0.1) is 5.56 Å². The van der Waals surface area contributed by atoms with E-state index in [1.165, 1.54) is 0 Å². The van der Waals surface area contributed by atoms with Crippen LogP contribution in [0.15, 0.2) is 65.6 Å². The average molecular weight is 446 g/mol. The summed E-state index contributed by atoms with van der Waals surface area (Å²) in [6, 6.07) is 13.4. The van der Waals surface area contributed by atoms with E-state index in [0.29, 0.717) is 39.8 Å². The number of carbonyl (C=O) groups excluding carboxylic acids is 1. The van der Waals surface area contributed by atoms with Gasteiger partial charge in [0.1, 0.15) is 18.9 Å². The van der Waals surface area contributed by atoms with Crippen molar-refractivity contribution in [2.45, 2.75) is 19.3 Å². The van der Waals surface area contributed by atoms with Crippen molar-refractivity contribution < 1.29 is 32.2 Å². The molecule has 3 aromatic rings. The number of hydrogen-bond donors (Lipinski definition) is 1. The maximum atomic E-state index is 12.8. The molecule has 2 heterocycles. The molecule has 0 spiro atoms. The van der Waals surface area contributed by atoms with E-state index in [9.17, 15) is 22.8 Å². The van der Waals surface area contributed by atoms with Gasteiger partial charge in [-0.25, -0.2) is 0 Å². The number of pyridine rings is 1. The highest BCUT2D eigenvalue weighted by atomic mass is 19.4. The van der Waals surface area contributed by atoms with E-state index in [0.717, 1.165) is 11.6 Å². The minimum atomic E-state index is -4.61. The number of nitrogens with zero attached hydrogens (tertiary/aromatic N) is 1. The Hall–Kier alpha value is -3.95. The van der Waals surface area contributed by atoms with Crippen molar-refractivity contribution in [1.82, 2.24) is 4.57 Å². The zero-order valence-electron chi connectivity index (χ0n) is 16.5. The molecule has 0 aliphatic carbocycles. The Balaban J connectivity index is 1.38. The van der Waals surface area contributed by atoms with E-state index in [4.69, 9.17) is 14.2 Å². The molecule has 1 aliphatic rings. The monoisotopic (exact) mass is 446 g/mol. The number of carbonyl (C=O) groups is 1. The summed E-state index contributed by atoms with van der Waals surface area (Å²) in [5, 5.41) is 2.58. The number of ether oxygens (including phenoxy) is 3. The highest BCUT2D eigenvalue weighted by molar-refractivity contribution is 5.90. The van der Waals surface area contributed by atoms with E-state index in [1.807, 2.05) is 0 Å². The van der Waals surface area contributed by atoms with Crippen molar-refractivity contribution >= 4 is 11.6 Å². The molecule has 1 aromatic heterocycles. The number of amides is 1. The Labute approximate surface area is 180 Å². The van der Waals surface area contributed by atoms with Gasteiger partial charge >= 0.3 is 6.18 Å². The number of rotatable bonds is 6. The molecular formula is C22H17F3N2O5. The summed E-state index contributed by atoms with van der Waals surface area (Å²) in [7, 11) is 0. The summed E-state index contributed by atoms with van der Waals surface area (Å²) in [6.45, 7) is -0.190. The van der Waals surface area contributed by atoms with Crippen LogP contribution in [-0.4, -0.2) is 17.3 Å². The van der Waals surface area contributed by atoms with Crippen LogP contribution in [0.3, 0.4) is 0 Å². The first-order valence-corrected chi connectivity index (χ1v) is 9.47. The minimum absolute atomic E-state index is 0.160. The molecule has 0 saturated carbocycles. The number of halogens is 3. The second-order valence-electron chi connectivity index (χ2n) is 6.93. The zero-order chi connectivity index (χ0) is 22.7. The number of hydrogen-bond acceptors (Lipinski definition) is 5. The zero-order valence-corrected chi connectivity index (χ0v) is 16.5. The average Bonchev–Trinajstić information content (AvgIpc) is 3.21. The molecule has 32 heavy (non-hydrogen) atoms. The molecule has 0 radical (unpaired) electrons. The molecule has 10 heteroatoms. The van der Waals surface area contributed by atoms with Gasteiger partial charge in [-0.1, -0.05) is 12.1 Å². The summed E-state index contributed by atoms with van der Waals surface area (Å²) in [5.41, 5.74) is -0.551. The molecular weight excluding hydrogens is 429 g/mol. The van der Waals surface area contributed by atoms with E-state index < -0.39 is 29.8 Å². The largest absolute Gasteiger partial charge is 0.489 e. The van der Waals surface area contributed by atoms with Crippen LogP contribution in [0.2, 0.25) is 0 Å². The number of anilines is 1. The van der Waals surface area contributed by atoms with Gasteiger partial charge in [0.15, 0.2) is 11.5 Å². The summed E-state index contributed by atoms with van der Waals surface area (Å²) < 4.78 is 55.5. The van der Waals surface area contributed by atoms with Crippen molar-refractivity contribution in [3.63, 3.8) is 0 Å². The minimum Gasteiger partial charge on any atom is -0.489 e. The maximum Gasteiger partial charge on any atom is 0.417 e. The normalized spacial score (nSPS) is 12.5. The van der Waals surface area contributed by atoms with Crippen molar-refractivity contribution in [3.8, 4) is 17.2 Å². The molecule has 1 N–H and O–H groups in total. The van der Waals surface area contributed by atoms with Gasteiger partial charge in [-0.3, -0.25) is 9.59 Å². The van der Waals surface area contributed by atoms with Crippen LogP contribution in [0, 0.1) is 0 Å². The van der Waals surface area contributed by atoms with Crippen LogP contribution >= 0.6 is 0 Å². The van der Waals surface area contributed by atoms with Crippen LogP contribution in [0.4, 0.5) is 18.9 Å². The summed E-state index contributed by atoms with van der Waals surface area (Å²) in [4.78, 5) is 24.1. The lowest BCUT2D eigenvalue weighted by molar-refractivity contribution is -0.138. The van der Waals surface area contributed by atoms with Crippen molar-refractivity contribution in [2.75, 3.05) is 12.1 Å². The lowest BCUT2D eigenvalue weighted by Gasteiger charge is -2.12. The first kappa shape index (κ1) is 21.3. The second kappa shape index (κ2) is 8.66. The maximum absolute atomic E-state index is 12.8. The molecule has 2 aromatic carbocycles. The molecule has 0 unspecified atom stereocenters. The van der Waals surface area contributed by atoms with Gasteiger partial charge in [-0.05, 0) is 35.9 Å². The number of aromatic nitrogens is 1. The lowest BCUT2D eigenvalue weighted by Crippen LogP contribution is -2.28. The van der Waals surface area contributed by atoms with Gasteiger partial charge in [-0.15, -0.1) is 0 Å². The Kier molecular flexibility index (Phi) is 5.76. The number of nitrogens with one attached hydrogen (secondary N) is 1. The van der Waals surface area contributed by atoms with Gasteiger partial charge in [-0.2, -0.15) is 13.2 Å². The third-order valence-corrected chi connectivity index (χ3v) is 4.59. The molecule has 0 atom stereocenters. The van der Waals surface area contributed by atoms with Crippen LogP contribution in [-0.2, 0) is 24.1 Å². The third-order valence-electron chi connectivity index (χ3n) is 4.59. The smallest absolute Gasteiger partial charge is 0.417 e. The molecule has 1 aliphatic heterocycles. The van der Waals surface area contributed by atoms with Crippen LogP contribution in [0.25, 0.3) is 0 Å². The van der Waals surface area contributed by atoms with Crippen molar-refractivity contribution in [2.24, 2.45) is 0 Å². The molecule has 0 fully saturated rings. The van der Waals surface area contributed by atoms with Gasteiger partial charge in [0.25, 0.3) is 5.56 Å². The Morgan fingerprint density at radius 2 is 1.88 bits per heavy atom. The Bertz CT molecular complexity index is 1210. The molecule has 0 saturated heterocycles. The Morgan fingerprint density at radius 1 is 1.06 bits per heavy atom. The van der Waals surface area contributed by atoms with Crippen LogP contribution < -0.4 is 25.1 Å². The predicted octanol–water partition coefficient (Wildman–Crippen LogP) is 3.81. The summed E-state index contributed by atoms with van der Waals surface area (Å²) in [6.07, 6.45) is -3.99. The molecule has 166 valence electrons. The summed E-state index contributed by atoms with van der Waals surface area (Å²) in [5.74, 6) is 1.17. The van der Waals surface area contributed by atoms with Crippen LogP contribution in [0.1, 0.15) is 11.1 Å². The SMILES string of the molecule is O=C(Cn1cc(C(F)(F)F)ccc1=O)Nc1cccc(COc2ccc3c(c2)OCO3)c1. The Morgan fingerprint density at radius 3 is 2.69 bits per heavy atom. The van der Waals surface area contributed by atoms with E-state index in [2.05, 4.69) is 5.32 Å². The van der Waals surface area contributed by atoms with Gasteiger partial charge < -0.3 is 24.1 Å². The van der Waals surface area contributed by atoms with Crippen LogP contribution in [0.5, 0.6) is 17.2 Å². The summed E-state index contributed by atoms with van der Waals surface area (Å²) >= 11 is 0. The topological polar surface area (TPSA) is 78.8 Å². The highest BCUT2D eigenvalue weighted by Crippen LogP contribution is 2.35. The van der Waals surface area contributed by atoms with E-state index in [-0.39, 0.29) is 13.4 Å². The standard InChI is InChI=1S/C22H17F3N2O5/c23-22(24,25)15-4-7-21(29)27(10-15)11-20(28)26-16-3-1-2-14(8-16)12-30-17-5-6-18-19(9-17)32-13-31-18/h1-10H,11-13H2,(H,26,28). The quantitative estimate of drug-likeness (QED) is 0.623.